The third-order valence-electron chi connectivity index (χ3n) is 4.80. The Balaban J connectivity index is 2.98. The highest BCUT2D eigenvalue weighted by atomic mass is 16.6. The van der Waals surface area contributed by atoms with Crippen molar-refractivity contribution in [2.45, 2.75) is 71.2 Å². The normalized spacial score (nSPS) is 15.0. The molecule has 0 radical (unpaired) electrons. The molecule has 30 heavy (non-hydrogen) atoms. The van der Waals surface area contributed by atoms with Crippen LogP contribution in [0.25, 0.3) is 0 Å². The molecule has 0 bridgehead atoms. The first-order valence-electron chi connectivity index (χ1n) is 10.2. The lowest BCUT2D eigenvalue weighted by Gasteiger charge is -2.29. The number of hydrogen-bond acceptors (Lipinski definition) is 8. The van der Waals surface area contributed by atoms with Crippen molar-refractivity contribution < 1.29 is 39.1 Å². The molecule has 4 atom stereocenters. The minimum Gasteiger partial charge on any atom is -0.504 e. The summed E-state index contributed by atoms with van der Waals surface area (Å²) in [4.78, 5) is 23.2. The number of phenolic OH excluding ortho intramolecular Hbond substituents is 1. The first-order valence-corrected chi connectivity index (χ1v) is 10.2. The van der Waals surface area contributed by atoms with E-state index in [0.29, 0.717) is 31.4 Å². The molecule has 0 saturated heterocycles. The summed E-state index contributed by atoms with van der Waals surface area (Å²) in [6.45, 7) is 4.05. The summed E-state index contributed by atoms with van der Waals surface area (Å²) in [6.07, 6.45) is 0.672. The maximum Gasteiger partial charge on any atom is 0.302 e. The molecule has 0 fully saturated rings. The van der Waals surface area contributed by atoms with E-state index >= 15 is 0 Å². The fourth-order valence-corrected chi connectivity index (χ4v) is 3.37. The number of ether oxygens (including phenoxy) is 3. The molecule has 0 amide bonds. The largest absolute Gasteiger partial charge is 0.504 e. The van der Waals surface area contributed by atoms with E-state index in [9.17, 15) is 24.9 Å². The van der Waals surface area contributed by atoms with E-state index in [2.05, 4.69) is 0 Å². The van der Waals surface area contributed by atoms with Crippen LogP contribution in [0.1, 0.15) is 52.0 Å². The molecule has 3 N–H and O–H groups in total. The summed E-state index contributed by atoms with van der Waals surface area (Å²) in [7, 11) is 1.45. The highest BCUT2D eigenvalue weighted by Gasteiger charge is 2.29. The zero-order valence-electron chi connectivity index (χ0n) is 18.2. The SMILES string of the molecule is COc1cc(CC(CO)C(CC(CCCC(C)O)OC(C)=O)OC(C)=O)ccc1O. The molecule has 0 spiro atoms. The minimum atomic E-state index is -0.678. The molecule has 170 valence electrons. The third-order valence-corrected chi connectivity index (χ3v) is 4.80. The van der Waals surface area contributed by atoms with E-state index in [1.54, 1.807) is 19.1 Å². The molecule has 1 rings (SSSR count). The van der Waals surface area contributed by atoms with E-state index in [-0.39, 0.29) is 18.8 Å². The van der Waals surface area contributed by atoms with Crippen LogP contribution < -0.4 is 4.74 Å². The number of aliphatic hydroxyl groups is 2. The molecule has 1 aromatic rings. The molecule has 4 unspecified atom stereocenters. The average Bonchev–Trinajstić information content (AvgIpc) is 2.65. The standard InChI is InChI=1S/C22H34O8/c1-14(24)6-5-7-19(29-15(2)25)12-21(30-16(3)26)18(13-23)10-17-8-9-20(27)22(11-17)28-4/h8-9,11,14,18-19,21,23-24,27H,5-7,10,12-13H2,1-4H3. The molecule has 0 aliphatic heterocycles. The second kappa shape index (κ2) is 13.1. The second-order valence-corrected chi connectivity index (χ2v) is 7.55. The second-order valence-electron chi connectivity index (χ2n) is 7.55. The van der Waals surface area contributed by atoms with Crippen molar-refractivity contribution in [3.8, 4) is 11.5 Å². The first-order chi connectivity index (χ1) is 14.2. The molecule has 8 heteroatoms. The van der Waals surface area contributed by atoms with Crippen molar-refractivity contribution in [2.24, 2.45) is 5.92 Å². The molecule has 0 saturated carbocycles. The summed E-state index contributed by atoms with van der Waals surface area (Å²) in [5, 5.41) is 29.2. The van der Waals surface area contributed by atoms with Crippen LogP contribution in [-0.4, -0.2) is 59.3 Å². The number of aliphatic hydroxyl groups excluding tert-OH is 2. The van der Waals surface area contributed by atoms with Gasteiger partial charge in [-0.1, -0.05) is 6.07 Å². The highest BCUT2D eigenvalue weighted by molar-refractivity contribution is 5.66. The quantitative estimate of drug-likeness (QED) is 0.411. The van der Waals surface area contributed by atoms with Gasteiger partial charge in [0.15, 0.2) is 11.5 Å². The predicted octanol–water partition coefficient (Wildman–Crippen LogP) is 2.36. The number of benzene rings is 1. The van der Waals surface area contributed by atoms with Gasteiger partial charge in [-0.05, 0) is 50.3 Å². The van der Waals surface area contributed by atoms with Gasteiger partial charge >= 0.3 is 11.9 Å². The Bertz CT molecular complexity index is 673. The van der Waals surface area contributed by atoms with Crippen LogP contribution in [0.4, 0.5) is 0 Å². The Kier molecular flexibility index (Phi) is 11.2. The first kappa shape index (κ1) is 25.7. The van der Waals surface area contributed by atoms with Gasteiger partial charge in [0, 0.05) is 32.8 Å². The molecule has 0 aliphatic carbocycles. The molecular formula is C22H34O8. The van der Waals surface area contributed by atoms with Crippen LogP contribution >= 0.6 is 0 Å². The topological polar surface area (TPSA) is 123 Å². The smallest absolute Gasteiger partial charge is 0.302 e. The lowest BCUT2D eigenvalue weighted by atomic mass is 9.90. The summed E-state index contributed by atoms with van der Waals surface area (Å²) < 4.78 is 16.0. The van der Waals surface area contributed by atoms with Crippen molar-refractivity contribution in [1.82, 2.24) is 0 Å². The van der Waals surface area contributed by atoms with Crippen molar-refractivity contribution in [1.29, 1.82) is 0 Å². The van der Waals surface area contributed by atoms with Crippen molar-refractivity contribution >= 4 is 11.9 Å². The van der Waals surface area contributed by atoms with Gasteiger partial charge in [-0.15, -0.1) is 0 Å². The Morgan fingerprint density at radius 2 is 1.77 bits per heavy atom. The number of hydrogen-bond donors (Lipinski definition) is 3. The number of rotatable bonds is 13. The number of methoxy groups -OCH3 is 1. The fourth-order valence-electron chi connectivity index (χ4n) is 3.37. The zero-order valence-corrected chi connectivity index (χ0v) is 18.2. The molecule has 0 aromatic heterocycles. The van der Waals surface area contributed by atoms with Crippen LogP contribution in [0.2, 0.25) is 0 Å². The summed E-state index contributed by atoms with van der Waals surface area (Å²) in [5.41, 5.74) is 0.791. The Labute approximate surface area is 177 Å². The molecule has 0 heterocycles. The molecule has 0 aliphatic rings. The maximum atomic E-state index is 11.7. The van der Waals surface area contributed by atoms with Gasteiger partial charge in [0.1, 0.15) is 12.2 Å². The van der Waals surface area contributed by atoms with Gasteiger partial charge in [0.05, 0.1) is 13.2 Å². The monoisotopic (exact) mass is 426 g/mol. The number of carbonyl (C=O) groups excluding carboxylic acids is 2. The lowest BCUT2D eigenvalue weighted by Crippen LogP contribution is -2.35. The number of phenols is 1. The molecule has 8 nitrogen and oxygen atoms in total. The number of aromatic hydroxyl groups is 1. The van der Waals surface area contributed by atoms with E-state index in [0.717, 1.165) is 5.56 Å². The van der Waals surface area contributed by atoms with E-state index in [1.165, 1.54) is 27.0 Å². The number of esters is 2. The van der Waals surface area contributed by atoms with Crippen LogP contribution in [-0.2, 0) is 25.5 Å². The number of carbonyl (C=O) groups is 2. The van der Waals surface area contributed by atoms with Gasteiger partial charge < -0.3 is 29.5 Å². The minimum absolute atomic E-state index is 0.00590. The summed E-state index contributed by atoms with van der Waals surface area (Å²) >= 11 is 0. The van der Waals surface area contributed by atoms with Crippen LogP contribution in [0.3, 0.4) is 0 Å². The van der Waals surface area contributed by atoms with Crippen LogP contribution in [0.15, 0.2) is 18.2 Å². The van der Waals surface area contributed by atoms with Gasteiger partial charge in [0.2, 0.25) is 0 Å². The Morgan fingerprint density at radius 3 is 2.30 bits per heavy atom. The van der Waals surface area contributed by atoms with Crippen molar-refractivity contribution in [3.05, 3.63) is 23.8 Å². The van der Waals surface area contributed by atoms with Gasteiger partial charge in [-0.25, -0.2) is 0 Å². The highest BCUT2D eigenvalue weighted by Crippen LogP contribution is 2.29. The zero-order chi connectivity index (χ0) is 22.7. The lowest BCUT2D eigenvalue weighted by molar-refractivity contribution is -0.156. The average molecular weight is 427 g/mol. The molecular weight excluding hydrogens is 392 g/mol. The Hall–Kier alpha value is -2.32. The van der Waals surface area contributed by atoms with E-state index in [1.807, 2.05) is 0 Å². The Morgan fingerprint density at radius 1 is 1.10 bits per heavy atom. The fraction of sp³-hybridized carbons (Fsp3) is 0.636. The van der Waals surface area contributed by atoms with Gasteiger partial charge in [0.25, 0.3) is 0 Å². The van der Waals surface area contributed by atoms with Crippen LogP contribution in [0.5, 0.6) is 11.5 Å². The third kappa shape index (κ3) is 9.45. The van der Waals surface area contributed by atoms with Gasteiger partial charge in [-0.2, -0.15) is 0 Å². The van der Waals surface area contributed by atoms with E-state index < -0.39 is 36.2 Å². The predicted molar refractivity (Wildman–Crippen MR) is 110 cm³/mol. The summed E-state index contributed by atoms with van der Waals surface area (Å²) in [6, 6.07) is 4.87. The van der Waals surface area contributed by atoms with Crippen LogP contribution in [0, 0.1) is 5.92 Å². The van der Waals surface area contributed by atoms with Gasteiger partial charge in [-0.3, -0.25) is 9.59 Å². The maximum absolute atomic E-state index is 11.7. The van der Waals surface area contributed by atoms with Crippen molar-refractivity contribution in [2.75, 3.05) is 13.7 Å². The van der Waals surface area contributed by atoms with Crippen molar-refractivity contribution in [3.63, 3.8) is 0 Å². The summed E-state index contributed by atoms with van der Waals surface area (Å²) in [5.74, 6) is -1.07. The van der Waals surface area contributed by atoms with E-state index in [4.69, 9.17) is 14.2 Å². The molecule has 1 aromatic carbocycles.